The lowest BCUT2D eigenvalue weighted by atomic mass is 9.84. The molecule has 2 saturated carbocycles. The van der Waals surface area contributed by atoms with Gasteiger partial charge >= 0.3 is 0 Å². The van der Waals surface area contributed by atoms with Gasteiger partial charge in [-0.1, -0.05) is 6.42 Å². The molecule has 102 valence electrons. The summed E-state index contributed by atoms with van der Waals surface area (Å²) in [6.07, 6.45) is 6.09. The molecule has 19 heavy (non-hydrogen) atoms. The van der Waals surface area contributed by atoms with Crippen molar-refractivity contribution < 1.29 is 9.53 Å². The van der Waals surface area contributed by atoms with Gasteiger partial charge in [0.25, 0.3) is 0 Å². The van der Waals surface area contributed by atoms with Crippen molar-refractivity contribution in [2.24, 2.45) is 17.8 Å². The Labute approximate surface area is 122 Å². The van der Waals surface area contributed by atoms with Gasteiger partial charge in [-0.25, -0.2) is 0 Å². The average Bonchev–Trinajstić information content (AvgIpc) is 3.00. The molecule has 2 bridgehead atoms. The average molecular weight is 323 g/mol. The molecule has 3 heteroatoms. The molecule has 0 aromatic heterocycles. The van der Waals surface area contributed by atoms with Crippen molar-refractivity contribution in [2.75, 3.05) is 7.11 Å². The van der Waals surface area contributed by atoms with E-state index in [1.807, 2.05) is 18.2 Å². The van der Waals surface area contributed by atoms with Crippen LogP contribution < -0.4 is 4.74 Å². The minimum Gasteiger partial charge on any atom is -0.496 e. The lowest BCUT2D eigenvalue weighted by Crippen LogP contribution is -2.15. The first-order valence-electron chi connectivity index (χ1n) is 7.04. The number of benzene rings is 1. The third-order valence-corrected chi connectivity index (χ3v) is 5.43. The lowest BCUT2D eigenvalue weighted by Gasteiger charge is -2.20. The molecule has 1 aromatic carbocycles. The number of carbonyl (C=O) groups excluding carboxylic acids is 1. The van der Waals surface area contributed by atoms with E-state index in [4.69, 9.17) is 4.74 Å². The first-order chi connectivity index (χ1) is 9.17. The molecule has 0 N–H and O–H groups in total. The van der Waals surface area contributed by atoms with Crippen LogP contribution >= 0.6 is 15.9 Å². The van der Waals surface area contributed by atoms with Crippen LogP contribution in [-0.2, 0) is 0 Å². The van der Waals surface area contributed by atoms with Gasteiger partial charge in [0.1, 0.15) is 5.75 Å². The van der Waals surface area contributed by atoms with E-state index in [2.05, 4.69) is 15.9 Å². The molecular weight excluding hydrogens is 304 g/mol. The van der Waals surface area contributed by atoms with Gasteiger partial charge in [-0.15, -0.1) is 0 Å². The third-order valence-electron chi connectivity index (χ3n) is 4.81. The van der Waals surface area contributed by atoms with E-state index in [9.17, 15) is 4.79 Å². The third kappa shape index (κ3) is 2.58. The quantitative estimate of drug-likeness (QED) is 0.764. The summed E-state index contributed by atoms with van der Waals surface area (Å²) in [7, 11) is 1.64. The van der Waals surface area contributed by atoms with Gasteiger partial charge in [-0.2, -0.15) is 0 Å². The van der Waals surface area contributed by atoms with Gasteiger partial charge in [0.15, 0.2) is 5.78 Å². The van der Waals surface area contributed by atoms with Crippen LogP contribution in [0.15, 0.2) is 22.7 Å². The Bertz CT molecular complexity index is 498. The molecule has 0 aliphatic heterocycles. The number of Topliss-reactive ketones (excluding diaryl/α,β-unsaturated/α-hetero) is 1. The minimum atomic E-state index is 0.279. The Hall–Kier alpha value is -0.830. The molecular formula is C16H19BrO2. The van der Waals surface area contributed by atoms with E-state index in [1.165, 1.54) is 25.7 Å². The Morgan fingerprint density at radius 2 is 2.21 bits per heavy atom. The van der Waals surface area contributed by atoms with Crippen molar-refractivity contribution >= 4 is 21.7 Å². The van der Waals surface area contributed by atoms with Crippen molar-refractivity contribution in [3.05, 3.63) is 28.2 Å². The van der Waals surface area contributed by atoms with Gasteiger partial charge in [0.2, 0.25) is 0 Å². The van der Waals surface area contributed by atoms with Crippen molar-refractivity contribution in [1.82, 2.24) is 0 Å². The Balaban J connectivity index is 1.69. The SMILES string of the molecule is COc1ccc(C(=O)CC2CC3CCC2C3)cc1Br. The van der Waals surface area contributed by atoms with Gasteiger partial charge in [-0.05, 0) is 71.1 Å². The first-order valence-corrected chi connectivity index (χ1v) is 7.83. The second-order valence-corrected chi connectivity index (χ2v) is 6.77. The summed E-state index contributed by atoms with van der Waals surface area (Å²) in [5, 5.41) is 0. The molecule has 2 nitrogen and oxygen atoms in total. The number of rotatable bonds is 4. The summed E-state index contributed by atoms with van der Waals surface area (Å²) in [4.78, 5) is 12.4. The fourth-order valence-electron chi connectivity index (χ4n) is 3.82. The van der Waals surface area contributed by atoms with Gasteiger partial charge in [-0.3, -0.25) is 4.79 Å². The van der Waals surface area contributed by atoms with Crippen LogP contribution in [0, 0.1) is 17.8 Å². The number of hydrogen-bond donors (Lipinski definition) is 0. The Morgan fingerprint density at radius 1 is 1.37 bits per heavy atom. The normalized spacial score (nSPS) is 28.6. The van der Waals surface area contributed by atoms with Crippen LogP contribution in [0.5, 0.6) is 5.75 Å². The van der Waals surface area contributed by atoms with Crippen LogP contribution in [-0.4, -0.2) is 12.9 Å². The summed E-state index contributed by atoms with van der Waals surface area (Å²) in [6.45, 7) is 0. The zero-order valence-electron chi connectivity index (χ0n) is 11.2. The van der Waals surface area contributed by atoms with E-state index < -0.39 is 0 Å². The second-order valence-electron chi connectivity index (χ2n) is 5.91. The maximum absolute atomic E-state index is 12.4. The molecule has 0 radical (unpaired) electrons. The zero-order valence-corrected chi connectivity index (χ0v) is 12.8. The highest BCUT2D eigenvalue weighted by molar-refractivity contribution is 9.10. The molecule has 2 fully saturated rings. The number of hydrogen-bond acceptors (Lipinski definition) is 2. The molecule has 0 spiro atoms. The lowest BCUT2D eigenvalue weighted by molar-refractivity contribution is 0.0944. The molecule has 0 amide bonds. The van der Waals surface area contributed by atoms with Crippen LogP contribution in [0.3, 0.4) is 0 Å². The molecule has 3 unspecified atom stereocenters. The largest absolute Gasteiger partial charge is 0.496 e. The number of fused-ring (bicyclic) bond motifs is 2. The van der Waals surface area contributed by atoms with Crippen LogP contribution in [0.2, 0.25) is 0 Å². The maximum Gasteiger partial charge on any atom is 0.163 e. The van der Waals surface area contributed by atoms with E-state index in [0.29, 0.717) is 5.92 Å². The summed E-state index contributed by atoms with van der Waals surface area (Å²) in [5.41, 5.74) is 0.801. The van der Waals surface area contributed by atoms with Crippen molar-refractivity contribution in [3.8, 4) is 5.75 Å². The summed E-state index contributed by atoms with van der Waals surface area (Å²) in [5.74, 6) is 3.41. The molecule has 0 saturated heterocycles. The van der Waals surface area contributed by atoms with Gasteiger partial charge in [0.05, 0.1) is 11.6 Å². The molecule has 1 aromatic rings. The van der Waals surface area contributed by atoms with Crippen LogP contribution in [0.4, 0.5) is 0 Å². The van der Waals surface area contributed by atoms with E-state index >= 15 is 0 Å². The summed E-state index contributed by atoms with van der Waals surface area (Å²) in [6, 6.07) is 5.62. The van der Waals surface area contributed by atoms with Gasteiger partial charge in [0, 0.05) is 12.0 Å². The summed E-state index contributed by atoms with van der Waals surface area (Å²) < 4.78 is 6.05. The molecule has 2 aliphatic rings. The van der Waals surface area contributed by atoms with E-state index in [-0.39, 0.29) is 5.78 Å². The van der Waals surface area contributed by atoms with Crippen molar-refractivity contribution in [1.29, 1.82) is 0 Å². The maximum atomic E-state index is 12.4. The number of ketones is 1. The minimum absolute atomic E-state index is 0.279. The number of carbonyl (C=O) groups is 1. The van der Waals surface area contributed by atoms with E-state index in [0.717, 1.165) is 34.0 Å². The molecule has 3 atom stereocenters. The zero-order chi connectivity index (χ0) is 13.4. The Kier molecular flexibility index (Phi) is 3.66. The molecule has 3 rings (SSSR count). The predicted molar refractivity (Wildman–Crippen MR) is 78.6 cm³/mol. The topological polar surface area (TPSA) is 26.3 Å². The molecule has 2 aliphatic carbocycles. The first kappa shape index (κ1) is 13.2. The highest BCUT2D eigenvalue weighted by atomic mass is 79.9. The number of ether oxygens (including phenoxy) is 1. The van der Waals surface area contributed by atoms with Crippen molar-refractivity contribution in [3.63, 3.8) is 0 Å². The highest BCUT2D eigenvalue weighted by Crippen LogP contribution is 2.49. The molecule has 0 heterocycles. The highest BCUT2D eigenvalue weighted by Gasteiger charge is 2.40. The number of methoxy groups -OCH3 is 1. The van der Waals surface area contributed by atoms with Gasteiger partial charge < -0.3 is 4.74 Å². The fourth-order valence-corrected chi connectivity index (χ4v) is 4.36. The van der Waals surface area contributed by atoms with Crippen LogP contribution in [0.25, 0.3) is 0 Å². The summed E-state index contributed by atoms with van der Waals surface area (Å²) >= 11 is 3.44. The van der Waals surface area contributed by atoms with Crippen LogP contribution in [0.1, 0.15) is 42.5 Å². The standard InChI is InChI=1S/C16H19BrO2/c1-19-16-5-4-12(8-14(16)17)15(18)9-13-7-10-2-3-11(13)6-10/h4-5,8,10-11,13H,2-3,6-7,9H2,1H3. The smallest absolute Gasteiger partial charge is 0.163 e. The van der Waals surface area contributed by atoms with Crippen molar-refractivity contribution in [2.45, 2.75) is 32.1 Å². The monoisotopic (exact) mass is 322 g/mol. The Morgan fingerprint density at radius 3 is 2.79 bits per heavy atom. The van der Waals surface area contributed by atoms with E-state index in [1.54, 1.807) is 7.11 Å². The number of halogens is 1. The second kappa shape index (κ2) is 5.28. The fraction of sp³-hybridized carbons (Fsp3) is 0.562. The predicted octanol–water partition coefficient (Wildman–Crippen LogP) is 4.47.